The predicted octanol–water partition coefficient (Wildman–Crippen LogP) is 4.49. The van der Waals surface area contributed by atoms with Crippen LogP contribution in [-0.4, -0.2) is 11.1 Å². The zero-order valence-electron chi connectivity index (χ0n) is 11.8. The van der Waals surface area contributed by atoms with E-state index in [4.69, 9.17) is 0 Å². The van der Waals surface area contributed by atoms with Gasteiger partial charge in [-0.05, 0) is 58.9 Å². The second-order valence-electron chi connectivity index (χ2n) is 5.84. The number of nitrogens with zero attached hydrogens (tertiary/aromatic N) is 1. The first-order chi connectivity index (χ1) is 9.09. The molecule has 0 aliphatic carbocycles. The van der Waals surface area contributed by atoms with Crippen LogP contribution in [0.25, 0.3) is 10.9 Å². The van der Waals surface area contributed by atoms with Crippen molar-refractivity contribution in [3.8, 4) is 0 Å². The molecule has 1 atom stereocenters. The van der Waals surface area contributed by atoms with E-state index in [-0.39, 0.29) is 0 Å². The van der Waals surface area contributed by atoms with Gasteiger partial charge in [-0.2, -0.15) is 0 Å². The van der Waals surface area contributed by atoms with Crippen LogP contribution in [0.5, 0.6) is 0 Å². The van der Waals surface area contributed by atoms with Crippen molar-refractivity contribution in [2.75, 3.05) is 6.54 Å². The van der Waals surface area contributed by atoms with Gasteiger partial charge >= 0.3 is 0 Å². The van der Waals surface area contributed by atoms with Gasteiger partial charge in [0, 0.05) is 34.2 Å². The highest BCUT2D eigenvalue weighted by molar-refractivity contribution is 9.10. The second kappa shape index (κ2) is 4.95. The first-order valence-corrected chi connectivity index (χ1v) is 7.90. The molecule has 1 aromatic heterocycles. The average Bonchev–Trinajstić information content (AvgIpc) is 2.98. The van der Waals surface area contributed by atoms with Crippen molar-refractivity contribution >= 4 is 26.8 Å². The van der Waals surface area contributed by atoms with E-state index in [2.05, 4.69) is 64.9 Å². The van der Waals surface area contributed by atoms with Crippen LogP contribution in [0.15, 0.2) is 22.7 Å². The Kier molecular flexibility index (Phi) is 3.44. The fraction of sp³-hybridized carbons (Fsp3) is 0.500. The molecular weight excluding hydrogens is 300 g/mol. The molecular formula is C16H21BrN2. The molecule has 102 valence electrons. The Bertz CT molecular complexity index is 607. The predicted molar refractivity (Wildman–Crippen MR) is 84.7 cm³/mol. The maximum atomic E-state index is 3.84. The number of nitrogens with one attached hydrogen (secondary N) is 1. The fourth-order valence-corrected chi connectivity index (χ4v) is 3.96. The smallest absolute Gasteiger partial charge is 0.0499 e. The monoisotopic (exact) mass is 320 g/mol. The molecule has 2 heterocycles. The Morgan fingerprint density at radius 1 is 1.37 bits per heavy atom. The first-order valence-electron chi connectivity index (χ1n) is 7.10. The average molecular weight is 321 g/mol. The molecule has 1 N–H and O–H groups in total. The van der Waals surface area contributed by atoms with Crippen molar-refractivity contribution in [1.29, 1.82) is 0 Å². The Morgan fingerprint density at radius 3 is 2.79 bits per heavy atom. The lowest BCUT2D eigenvalue weighted by Crippen LogP contribution is -2.16. The summed E-state index contributed by atoms with van der Waals surface area (Å²) in [6.07, 6.45) is 2.51. The number of fused-ring (bicyclic) bond motifs is 1. The Labute approximate surface area is 123 Å². The largest absolute Gasteiger partial charge is 0.345 e. The van der Waals surface area contributed by atoms with Crippen molar-refractivity contribution in [3.63, 3.8) is 0 Å². The summed E-state index contributed by atoms with van der Waals surface area (Å²) in [4.78, 5) is 0. The SMILES string of the molecule is CC(C)c1ccc2c(c1)c(Br)c(C1CCCN1)n2C. The van der Waals surface area contributed by atoms with Gasteiger partial charge in [-0.1, -0.05) is 19.9 Å². The van der Waals surface area contributed by atoms with Gasteiger partial charge in [-0.3, -0.25) is 0 Å². The molecule has 1 saturated heterocycles. The normalized spacial score (nSPS) is 19.7. The van der Waals surface area contributed by atoms with Gasteiger partial charge in [0.1, 0.15) is 0 Å². The molecule has 19 heavy (non-hydrogen) atoms. The van der Waals surface area contributed by atoms with E-state index in [0.717, 1.165) is 6.54 Å². The molecule has 1 aromatic carbocycles. The molecule has 1 aliphatic rings. The summed E-state index contributed by atoms with van der Waals surface area (Å²) in [6, 6.07) is 7.34. The van der Waals surface area contributed by atoms with Gasteiger partial charge < -0.3 is 9.88 Å². The Hall–Kier alpha value is -0.800. The summed E-state index contributed by atoms with van der Waals surface area (Å²) in [7, 11) is 2.18. The molecule has 0 saturated carbocycles. The fourth-order valence-electron chi connectivity index (χ4n) is 3.10. The zero-order valence-corrected chi connectivity index (χ0v) is 13.4. The van der Waals surface area contributed by atoms with Gasteiger partial charge in [0.15, 0.2) is 0 Å². The molecule has 0 spiro atoms. The molecule has 1 fully saturated rings. The van der Waals surface area contributed by atoms with Crippen LogP contribution in [0.4, 0.5) is 0 Å². The summed E-state index contributed by atoms with van der Waals surface area (Å²) in [5, 5.41) is 4.95. The minimum absolute atomic E-state index is 0.495. The van der Waals surface area contributed by atoms with E-state index in [1.54, 1.807) is 0 Å². The zero-order chi connectivity index (χ0) is 13.6. The van der Waals surface area contributed by atoms with Crippen molar-refractivity contribution in [3.05, 3.63) is 33.9 Å². The first kappa shape index (κ1) is 13.2. The van der Waals surface area contributed by atoms with Crippen LogP contribution in [0.1, 0.15) is 49.9 Å². The highest BCUT2D eigenvalue weighted by Gasteiger charge is 2.24. The molecule has 0 bridgehead atoms. The van der Waals surface area contributed by atoms with Crippen LogP contribution in [0, 0.1) is 0 Å². The lowest BCUT2D eigenvalue weighted by Gasteiger charge is -2.12. The van der Waals surface area contributed by atoms with Crippen molar-refractivity contribution < 1.29 is 0 Å². The van der Waals surface area contributed by atoms with Crippen molar-refractivity contribution in [2.45, 2.75) is 38.6 Å². The summed E-state index contributed by atoms with van der Waals surface area (Å²) in [5.74, 6) is 0.574. The van der Waals surface area contributed by atoms with E-state index >= 15 is 0 Å². The van der Waals surface area contributed by atoms with Crippen LogP contribution < -0.4 is 5.32 Å². The quantitative estimate of drug-likeness (QED) is 0.862. The molecule has 1 aliphatic heterocycles. The van der Waals surface area contributed by atoms with Gasteiger partial charge in [-0.15, -0.1) is 0 Å². The van der Waals surface area contributed by atoms with Crippen LogP contribution in [-0.2, 0) is 7.05 Å². The minimum atomic E-state index is 0.495. The third kappa shape index (κ3) is 2.13. The van der Waals surface area contributed by atoms with Crippen LogP contribution in [0.3, 0.4) is 0 Å². The topological polar surface area (TPSA) is 17.0 Å². The summed E-state index contributed by atoms with van der Waals surface area (Å²) < 4.78 is 3.61. The Balaban J connectivity index is 2.18. The van der Waals surface area contributed by atoms with Gasteiger partial charge in [0.2, 0.25) is 0 Å². The lowest BCUT2D eigenvalue weighted by atomic mass is 10.0. The number of halogens is 1. The van der Waals surface area contributed by atoms with E-state index < -0.39 is 0 Å². The summed E-state index contributed by atoms with van der Waals surface area (Å²) >= 11 is 3.84. The molecule has 2 aromatic rings. The third-order valence-electron chi connectivity index (χ3n) is 4.26. The van der Waals surface area contributed by atoms with Crippen LogP contribution >= 0.6 is 15.9 Å². The summed E-state index contributed by atoms with van der Waals surface area (Å²) in [5.41, 5.74) is 4.12. The lowest BCUT2D eigenvalue weighted by molar-refractivity contribution is 0.601. The number of benzene rings is 1. The van der Waals surface area contributed by atoms with Gasteiger partial charge in [-0.25, -0.2) is 0 Å². The number of aryl methyl sites for hydroxylation is 1. The number of hydrogen-bond acceptors (Lipinski definition) is 1. The van der Waals surface area contributed by atoms with E-state index in [0.29, 0.717) is 12.0 Å². The van der Waals surface area contributed by atoms with E-state index in [1.807, 2.05) is 0 Å². The molecule has 0 amide bonds. The molecule has 2 nitrogen and oxygen atoms in total. The number of rotatable bonds is 2. The molecule has 3 rings (SSSR count). The van der Waals surface area contributed by atoms with Gasteiger partial charge in [0.05, 0.1) is 0 Å². The standard InChI is InChI=1S/C16H21BrN2/c1-10(2)11-6-7-14-12(9-11)15(17)16(19(14)3)13-5-4-8-18-13/h6-7,9-10,13,18H,4-5,8H2,1-3H3. The van der Waals surface area contributed by atoms with Crippen molar-refractivity contribution in [2.24, 2.45) is 7.05 Å². The van der Waals surface area contributed by atoms with Crippen molar-refractivity contribution in [1.82, 2.24) is 9.88 Å². The van der Waals surface area contributed by atoms with Crippen LogP contribution in [0.2, 0.25) is 0 Å². The number of aromatic nitrogens is 1. The van der Waals surface area contributed by atoms with E-state index in [9.17, 15) is 0 Å². The highest BCUT2D eigenvalue weighted by atomic mass is 79.9. The van der Waals surface area contributed by atoms with Gasteiger partial charge in [0.25, 0.3) is 0 Å². The second-order valence-corrected chi connectivity index (χ2v) is 6.63. The molecule has 3 heteroatoms. The Morgan fingerprint density at radius 2 is 2.16 bits per heavy atom. The molecule has 0 radical (unpaired) electrons. The third-order valence-corrected chi connectivity index (χ3v) is 5.10. The summed E-state index contributed by atoms with van der Waals surface area (Å²) in [6.45, 7) is 5.63. The maximum absolute atomic E-state index is 3.84. The van der Waals surface area contributed by atoms with E-state index in [1.165, 1.54) is 39.5 Å². The molecule has 1 unspecified atom stereocenters. The maximum Gasteiger partial charge on any atom is 0.0499 e. The highest BCUT2D eigenvalue weighted by Crippen LogP contribution is 2.38. The minimum Gasteiger partial charge on any atom is -0.345 e. The number of hydrogen-bond donors (Lipinski definition) is 1.